The highest BCUT2D eigenvalue weighted by molar-refractivity contribution is 5.30. The van der Waals surface area contributed by atoms with E-state index in [-0.39, 0.29) is 12.0 Å². The average Bonchev–Trinajstić information content (AvgIpc) is 2.53. The molecule has 1 fully saturated rings. The number of hydrogen-bond acceptors (Lipinski definition) is 3. The number of β-amino-alcohol motifs (C(OH)–C–C–N with tert-alkyl or cyclic N) is 1. The first-order valence-corrected chi connectivity index (χ1v) is 8.11. The third-order valence-corrected chi connectivity index (χ3v) is 4.28. The quantitative estimate of drug-likeness (QED) is 0.805. The van der Waals surface area contributed by atoms with E-state index in [1.165, 1.54) is 12.1 Å². The fraction of sp³-hybridized carbons (Fsp3) is 0.556. The van der Waals surface area contributed by atoms with Gasteiger partial charge in [0, 0.05) is 52.1 Å². The summed E-state index contributed by atoms with van der Waals surface area (Å²) in [5.41, 5.74) is -0.520. The maximum Gasteiger partial charge on any atom is 0.416 e. The minimum atomic E-state index is -4.39. The van der Waals surface area contributed by atoms with Crippen LogP contribution in [0, 0.1) is 12.3 Å². The highest BCUT2D eigenvalue weighted by Gasteiger charge is 2.33. The van der Waals surface area contributed by atoms with Crippen LogP contribution >= 0.6 is 0 Å². The number of aliphatic hydroxyl groups excluding tert-OH is 1. The van der Waals surface area contributed by atoms with Crippen LogP contribution in [0.4, 0.5) is 13.2 Å². The van der Waals surface area contributed by atoms with Crippen LogP contribution in [0.1, 0.15) is 17.5 Å². The zero-order valence-electron chi connectivity index (χ0n) is 13.6. The van der Waals surface area contributed by atoms with E-state index in [0.717, 1.165) is 45.2 Å². The smallest absolute Gasteiger partial charge is 0.391 e. The van der Waals surface area contributed by atoms with Crippen molar-refractivity contribution in [2.45, 2.75) is 25.1 Å². The first kappa shape index (κ1) is 18.8. The molecule has 0 aromatic heterocycles. The van der Waals surface area contributed by atoms with Gasteiger partial charge in [-0.2, -0.15) is 13.2 Å². The summed E-state index contributed by atoms with van der Waals surface area (Å²) in [6, 6.07) is 5.44. The zero-order chi connectivity index (χ0) is 17.6. The number of hydrogen-bond donors (Lipinski definition) is 1. The van der Waals surface area contributed by atoms with Crippen LogP contribution in [0.5, 0.6) is 0 Å². The molecule has 1 aliphatic rings. The van der Waals surface area contributed by atoms with Crippen LogP contribution in [-0.2, 0) is 12.6 Å². The molecule has 24 heavy (non-hydrogen) atoms. The second kappa shape index (κ2) is 8.52. The van der Waals surface area contributed by atoms with E-state index in [9.17, 15) is 18.3 Å². The van der Waals surface area contributed by atoms with Gasteiger partial charge in [-0.1, -0.05) is 18.2 Å². The van der Waals surface area contributed by atoms with Gasteiger partial charge in [-0.15, -0.1) is 12.3 Å². The van der Waals surface area contributed by atoms with Crippen molar-refractivity contribution in [2.24, 2.45) is 0 Å². The Bertz CT molecular complexity index is 560. The summed E-state index contributed by atoms with van der Waals surface area (Å²) in [6.45, 7) is 4.58. The largest absolute Gasteiger partial charge is 0.416 e. The molecule has 0 spiro atoms. The van der Waals surface area contributed by atoms with Crippen LogP contribution in [0.3, 0.4) is 0 Å². The second-order valence-corrected chi connectivity index (χ2v) is 6.11. The molecular weight excluding hydrogens is 317 g/mol. The molecule has 6 heteroatoms. The van der Waals surface area contributed by atoms with E-state index in [1.807, 2.05) is 0 Å². The Labute approximate surface area is 141 Å². The number of rotatable bonds is 6. The summed E-state index contributed by atoms with van der Waals surface area (Å²) in [6.07, 6.45) is 0.777. The highest BCUT2D eigenvalue weighted by Crippen LogP contribution is 2.32. The van der Waals surface area contributed by atoms with Gasteiger partial charge < -0.3 is 5.11 Å². The van der Waals surface area contributed by atoms with Gasteiger partial charge in [0.2, 0.25) is 0 Å². The third-order valence-electron chi connectivity index (χ3n) is 4.28. The van der Waals surface area contributed by atoms with Gasteiger partial charge in [0.15, 0.2) is 0 Å². The summed E-state index contributed by atoms with van der Waals surface area (Å²) >= 11 is 0. The predicted octanol–water partition coefficient (Wildman–Crippen LogP) is 2.25. The normalized spacial score (nSPS) is 18.3. The molecule has 2 rings (SSSR count). The summed E-state index contributed by atoms with van der Waals surface area (Å²) in [5.74, 6) is 2.62. The molecule has 1 N–H and O–H groups in total. The van der Waals surface area contributed by atoms with Gasteiger partial charge >= 0.3 is 6.18 Å². The molecule has 1 heterocycles. The Morgan fingerprint density at radius 1 is 1.12 bits per heavy atom. The topological polar surface area (TPSA) is 26.7 Å². The van der Waals surface area contributed by atoms with Gasteiger partial charge in [-0.05, 0) is 11.6 Å². The van der Waals surface area contributed by atoms with Crippen LogP contribution in [0.15, 0.2) is 24.3 Å². The molecule has 0 bridgehead atoms. The van der Waals surface area contributed by atoms with E-state index in [1.54, 1.807) is 6.07 Å². The Morgan fingerprint density at radius 2 is 1.75 bits per heavy atom. The summed E-state index contributed by atoms with van der Waals surface area (Å²) in [5, 5.41) is 10.2. The lowest BCUT2D eigenvalue weighted by Crippen LogP contribution is -2.48. The molecule has 0 radical (unpaired) electrons. The fourth-order valence-electron chi connectivity index (χ4n) is 3.01. The predicted molar refractivity (Wildman–Crippen MR) is 87.5 cm³/mol. The van der Waals surface area contributed by atoms with Crippen molar-refractivity contribution in [3.8, 4) is 12.3 Å². The number of benzene rings is 1. The first-order chi connectivity index (χ1) is 11.4. The Hall–Kier alpha value is -1.55. The third kappa shape index (κ3) is 5.52. The lowest BCUT2D eigenvalue weighted by molar-refractivity contribution is -0.138. The molecule has 1 atom stereocenters. The van der Waals surface area contributed by atoms with Crippen LogP contribution in [0.25, 0.3) is 0 Å². The molecule has 1 aromatic rings. The van der Waals surface area contributed by atoms with E-state index >= 15 is 0 Å². The number of nitrogens with zero attached hydrogens (tertiary/aromatic N) is 2. The SMILES string of the molecule is C#CCCN1CCN(CC(O)Cc2ccccc2C(F)(F)F)CC1. The van der Waals surface area contributed by atoms with Crippen molar-refractivity contribution in [1.29, 1.82) is 0 Å². The average molecular weight is 340 g/mol. The molecule has 0 saturated carbocycles. The van der Waals surface area contributed by atoms with E-state index in [2.05, 4.69) is 15.7 Å². The van der Waals surface area contributed by atoms with Crippen LogP contribution in [0.2, 0.25) is 0 Å². The maximum atomic E-state index is 13.0. The van der Waals surface area contributed by atoms with Crippen LogP contribution < -0.4 is 0 Å². The number of terminal acetylenes is 1. The van der Waals surface area contributed by atoms with Gasteiger partial charge in [0.25, 0.3) is 0 Å². The number of aliphatic hydroxyl groups is 1. The number of piperazine rings is 1. The van der Waals surface area contributed by atoms with Gasteiger partial charge in [0.05, 0.1) is 11.7 Å². The molecule has 0 aliphatic carbocycles. The fourth-order valence-corrected chi connectivity index (χ4v) is 3.01. The van der Waals surface area contributed by atoms with Crippen molar-refractivity contribution in [1.82, 2.24) is 9.80 Å². The molecular formula is C18H23F3N2O. The lowest BCUT2D eigenvalue weighted by Gasteiger charge is -2.35. The maximum absolute atomic E-state index is 13.0. The summed E-state index contributed by atoms with van der Waals surface area (Å²) in [7, 11) is 0. The first-order valence-electron chi connectivity index (χ1n) is 8.11. The lowest BCUT2D eigenvalue weighted by atomic mass is 10.0. The standard InChI is InChI=1S/C18H23F3N2O/c1-2-3-8-22-9-11-23(12-10-22)14-16(24)13-15-6-4-5-7-17(15)18(19,20)21/h1,4-7,16,24H,3,8-14H2. The molecule has 1 unspecified atom stereocenters. The molecule has 1 aliphatic heterocycles. The second-order valence-electron chi connectivity index (χ2n) is 6.11. The van der Waals surface area contributed by atoms with Crippen molar-refractivity contribution in [3.63, 3.8) is 0 Å². The highest BCUT2D eigenvalue weighted by atomic mass is 19.4. The van der Waals surface area contributed by atoms with Gasteiger partial charge in [-0.25, -0.2) is 0 Å². The van der Waals surface area contributed by atoms with Crippen molar-refractivity contribution < 1.29 is 18.3 Å². The van der Waals surface area contributed by atoms with E-state index in [0.29, 0.717) is 6.54 Å². The van der Waals surface area contributed by atoms with Gasteiger partial charge in [0.1, 0.15) is 0 Å². The van der Waals surface area contributed by atoms with Crippen molar-refractivity contribution in [2.75, 3.05) is 39.3 Å². The number of alkyl halides is 3. The minimum absolute atomic E-state index is 0.00694. The Kier molecular flexibility index (Phi) is 6.67. The monoisotopic (exact) mass is 340 g/mol. The molecule has 0 amide bonds. The zero-order valence-corrected chi connectivity index (χ0v) is 13.6. The van der Waals surface area contributed by atoms with Gasteiger partial charge in [-0.3, -0.25) is 9.80 Å². The number of halogens is 3. The van der Waals surface area contributed by atoms with E-state index in [4.69, 9.17) is 6.42 Å². The molecule has 3 nitrogen and oxygen atoms in total. The molecule has 1 saturated heterocycles. The molecule has 1 aromatic carbocycles. The minimum Gasteiger partial charge on any atom is -0.391 e. The molecule has 132 valence electrons. The van der Waals surface area contributed by atoms with Crippen molar-refractivity contribution >= 4 is 0 Å². The van der Waals surface area contributed by atoms with Crippen molar-refractivity contribution in [3.05, 3.63) is 35.4 Å². The summed E-state index contributed by atoms with van der Waals surface area (Å²) in [4.78, 5) is 4.36. The van der Waals surface area contributed by atoms with Crippen LogP contribution in [-0.4, -0.2) is 60.3 Å². The van der Waals surface area contributed by atoms with E-state index < -0.39 is 17.8 Å². The Morgan fingerprint density at radius 3 is 2.38 bits per heavy atom. The summed E-state index contributed by atoms with van der Waals surface area (Å²) < 4.78 is 39.0. The Balaban J connectivity index is 1.85.